The second kappa shape index (κ2) is 8.09. The van der Waals surface area contributed by atoms with Crippen LogP contribution < -0.4 is 10.6 Å². The van der Waals surface area contributed by atoms with E-state index >= 15 is 0 Å². The van der Waals surface area contributed by atoms with Crippen LogP contribution in [0.2, 0.25) is 0 Å². The Morgan fingerprint density at radius 1 is 1.41 bits per heavy atom. The maximum Gasteiger partial charge on any atom is 0.251 e. The molecule has 0 saturated carbocycles. The Kier molecular flexibility index (Phi) is 7.59. The van der Waals surface area contributed by atoms with Gasteiger partial charge in [0.1, 0.15) is 0 Å². The number of hydrogen-bond acceptors (Lipinski definition) is 2. The van der Waals surface area contributed by atoms with Gasteiger partial charge >= 0.3 is 0 Å². The summed E-state index contributed by atoms with van der Waals surface area (Å²) < 4.78 is 0. The van der Waals surface area contributed by atoms with E-state index in [9.17, 15) is 4.79 Å². The summed E-state index contributed by atoms with van der Waals surface area (Å²) in [7, 11) is 0. The van der Waals surface area contributed by atoms with E-state index in [1.807, 2.05) is 31.2 Å². The molecule has 0 aromatic heterocycles. The van der Waals surface area contributed by atoms with E-state index in [2.05, 4.69) is 24.5 Å². The van der Waals surface area contributed by atoms with Gasteiger partial charge < -0.3 is 10.6 Å². The van der Waals surface area contributed by atoms with Crippen molar-refractivity contribution in [2.24, 2.45) is 0 Å². The second-order valence-corrected chi connectivity index (χ2v) is 4.04. The highest BCUT2D eigenvalue weighted by Gasteiger charge is 2.06. The first-order chi connectivity index (χ1) is 7.63. The van der Waals surface area contributed by atoms with Gasteiger partial charge in [-0.15, -0.1) is 12.4 Å². The number of benzene rings is 1. The summed E-state index contributed by atoms with van der Waals surface area (Å²) in [5, 5.41) is 6.16. The van der Waals surface area contributed by atoms with Crippen molar-refractivity contribution in [3.05, 3.63) is 35.4 Å². The molecule has 0 spiro atoms. The predicted octanol–water partition coefficient (Wildman–Crippen LogP) is 2.14. The normalized spacial score (nSPS) is 11.5. The molecular weight excluding hydrogens is 236 g/mol. The van der Waals surface area contributed by atoms with Gasteiger partial charge in [0.25, 0.3) is 5.91 Å². The first kappa shape index (κ1) is 15.9. The summed E-state index contributed by atoms with van der Waals surface area (Å²) in [5.74, 6) is -0.00606. The summed E-state index contributed by atoms with van der Waals surface area (Å²) in [6.45, 7) is 7.67. The van der Waals surface area contributed by atoms with Gasteiger partial charge in [0.15, 0.2) is 0 Å². The maximum atomic E-state index is 11.8. The number of aryl methyl sites for hydroxylation is 1. The van der Waals surface area contributed by atoms with Crippen LogP contribution in [0.5, 0.6) is 0 Å². The van der Waals surface area contributed by atoms with Gasteiger partial charge in [-0.25, -0.2) is 0 Å². The molecule has 0 bridgehead atoms. The van der Waals surface area contributed by atoms with E-state index in [0.29, 0.717) is 12.6 Å². The van der Waals surface area contributed by atoms with Crippen LogP contribution in [0.15, 0.2) is 24.3 Å². The van der Waals surface area contributed by atoms with Crippen LogP contribution in [0, 0.1) is 6.92 Å². The minimum atomic E-state index is -0.00606. The zero-order valence-corrected chi connectivity index (χ0v) is 11.4. The smallest absolute Gasteiger partial charge is 0.251 e. The van der Waals surface area contributed by atoms with Gasteiger partial charge in [0, 0.05) is 18.2 Å². The van der Waals surface area contributed by atoms with Crippen molar-refractivity contribution >= 4 is 18.3 Å². The fraction of sp³-hybridized carbons (Fsp3) is 0.462. The van der Waals surface area contributed by atoms with E-state index in [4.69, 9.17) is 0 Å². The van der Waals surface area contributed by atoms with Crippen molar-refractivity contribution in [3.8, 4) is 0 Å². The van der Waals surface area contributed by atoms with Crippen LogP contribution in [-0.2, 0) is 0 Å². The van der Waals surface area contributed by atoms with Crippen LogP contribution in [-0.4, -0.2) is 25.0 Å². The molecule has 2 N–H and O–H groups in total. The predicted molar refractivity (Wildman–Crippen MR) is 73.9 cm³/mol. The monoisotopic (exact) mass is 256 g/mol. The van der Waals surface area contributed by atoms with Gasteiger partial charge in [-0.1, -0.05) is 24.6 Å². The molecule has 1 amide bonds. The zero-order chi connectivity index (χ0) is 12.0. The number of rotatable bonds is 5. The van der Waals surface area contributed by atoms with Crippen LogP contribution in [0.3, 0.4) is 0 Å². The number of halogens is 1. The third-order valence-electron chi connectivity index (χ3n) is 2.40. The lowest BCUT2D eigenvalue weighted by Crippen LogP contribution is -2.38. The highest BCUT2D eigenvalue weighted by Crippen LogP contribution is 2.03. The van der Waals surface area contributed by atoms with Gasteiger partial charge in [0.2, 0.25) is 0 Å². The van der Waals surface area contributed by atoms with E-state index in [-0.39, 0.29) is 18.3 Å². The third-order valence-corrected chi connectivity index (χ3v) is 2.40. The topological polar surface area (TPSA) is 41.1 Å². The summed E-state index contributed by atoms with van der Waals surface area (Å²) in [5.41, 5.74) is 1.83. The van der Waals surface area contributed by atoms with E-state index in [1.54, 1.807) is 0 Å². The van der Waals surface area contributed by atoms with E-state index in [0.717, 1.165) is 17.7 Å². The van der Waals surface area contributed by atoms with Crippen molar-refractivity contribution in [2.75, 3.05) is 13.1 Å². The average Bonchev–Trinajstić information content (AvgIpc) is 2.26. The average molecular weight is 257 g/mol. The van der Waals surface area contributed by atoms with Gasteiger partial charge in [-0.3, -0.25) is 4.79 Å². The second-order valence-electron chi connectivity index (χ2n) is 4.04. The van der Waals surface area contributed by atoms with Crippen molar-refractivity contribution in [2.45, 2.75) is 26.8 Å². The standard InChI is InChI=1S/C13H20N2O.ClH/c1-4-14-11(3)9-15-13(16)12-7-5-6-10(2)8-12;/h5-8,11,14H,4,9H2,1-3H3,(H,15,16);1H/t11-;/m1./s1. The minimum Gasteiger partial charge on any atom is -0.350 e. The Labute approximate surface area is 109 Å². The number of hydrogen-bond donors (Lipinski definition) is 2. The molecule has 1 rings (SSSR count). The number of nitrogens with one attached hydrogen (secondary N) is 2. The molecule has 0 radical (unpaired) electrons. The van der Waals surface area contributed by atoms with Crippen LogP contribution >= 0.6 is 12.4 Å². The van der Waals surface area contributed by atoms with Crippen molar-refractivity contribution in [3.63, 3.8) is 0 Å². The largest absolute Gasteiger partial charge is 0.350 e. The fourth-order valence-corrected chi connectivity index (χ4v) is 1.55. The Hall–Kier alpha value is -1.06. The molecule has 1 aromatic rings. The molecular formula is C13H21ClN2O. The number of carbonyl (C=O) groups is 1. The molecule has 0 aliphatic carbocycles. The minimum absolute atomic E-state index is 0. The highest BCUT2D eigenvalue weighted by atomic mass is 35.5. The Morgan fingerprint density at radius 2 is 2.12 bits per heavy atom. The van der Waals surface area contributed by atoms with Crippen molar-refractivity contribution in [1.29, 1.82) is 0 Å². The van der Waals surface area contributed by atoms with Crippen molar-refractivity contribution < 1.29 is 4.79 Å². The van der Waals surface area contributed by atoms with Gasteiger partial charge in [-0.2, -0.15) is 0 Å². The van der Waals surface area contributed by atoms with Crippen LogP contribution in [0.25, 0.3) is 0 Å². The Morgan fingerprint density at radius 3 is 2.71 bits per heavy atom. The molecule has 0 saturated heterocycles. The zero-order valence-electron chi connectivity index (χ0n) is 10.6. The van der Waals surface area contributed by atoms with Gasteiger partial charge in [0.05, 0.1) is 0 Å². The first-order valence-electron chi connectivity index (χ1n) is 5.71. The molecule has 4 heteroatoms. The molecule has 0 aliphatic rings. The maximum absolute atomic E-state index is 11.8. The molecule has 0 aliphatic heterocycles. The molecule has 96 valence electrons. The fourth-order valence-electron chi connectivity index (χ4n) is 1.55. The molecule has 3 nitrogen and oxygen atoms in total. The number of carbonyl (C=O) groups excluding carboxylic acids is 1. The molecule has 0 heterocycles. The molecule has 1 atom stereocenters. The lowest BCUT2D eigenvalue weighted by molar-refractivity contribution is 0.0950. The van der Waals surface area contributed by atoms with Crippen LogP contribution in [0.4, 0.5) is 0 Å². The molecule has 0 unspecified atom stereocenters. The summed E-state index contributed by atoms with van der Waals surface area (Å²) in [6.07, 6.45) is 0. The molecule has 1 aromatic carbocycles. The summed E-state index contributed by atoms with van der Waals surface area (Å²) >= 11 is 0. The summed E-state index contributed by atoms with van der Waals surface area (Å²) in [6, 6.07) is 7.92. The lowest BCUT2D eigenvalue weighted by atomic mass is 10.1. The Balaban J connectivity index is 0.00000256. The lowest BCUT2D eigenvalue weighted by Gasteiger charge is -2.13. The van der Waals surface area contributed by atoms with Crippen molar-refractivity contribution in [1.82, 2.24) is 10.6 Å². The summed E-state index contributed by atoms with van der Waals surface area (Å²) in [4.78, 5) is 11.8. The third kappa shape index (κ3) is 5.71. The molecule has 0 fully saturated rings. The quantitative estimate of drug-likeness (QED) is 0.848. The highest BCUT2D eigenvalue weighted by molar-refractivity contribution is 5.94. The number of likely N-dealkylation sites (N-methyl/N-ethyl adjacent to an activating group) is 1. The van der Waals surface area contributed by atoms with E-state index < -0.39 is 0 Å². The van der Waals surface area contributed by atoms with Crippen LogP contribution in [0.1, 0.15) is 29.8 Å². The van der Waals surface area contributed by atoms with Gasteiger partial charge in [-0.05, 0) is 32.5 Å². The number of amides is 1. The Bertz CT molecular complexity index is 355. The first-order valence-corrected chi connectivity index (χ1v) is 5.71. The molecule has 17 heavy (non-hydrogen) atoms. The SMILES string of the molecule is CCN[C@H](C)CNC(=O)c1cccc(C)c1.Cl. The van der Waals surface area contributed by atoms with E-state index in [1.165, 1.54) is 0 Å².